The summed E-state index contributed by atoms with van der Waals surface area (Å²) in [7, 11) is 0. The van der Waals surface area contributed by atoms with Crippen molar-refractivity contribution >= 4 is 0 Å². The van der Waals surface area contributed by atoms with Gasteiger partial charge in [0.1, 0.15) is 0 Å². The van der Waals surface area contributed by atoms with Gasteiger partial charge in [-0.25, -0.2) is 0 Å². The molecule has 0 saturated carbocycles. The van der Waals surface area contributed by atoms with Crippen molar-refractivity contribution in [3.8, 4) is 0 Å². The van der Waals surface area contributed by atoms with Gasteiger partial charge in [0, 0.05) is 0 Å². The van der Waals surface area contributed by atoms with E-state index in [0.717, 1.165) is 51.4 Å². The second kappa shape index (κ2) is 14.9. The second-order valence-electron chi connectivity index (χ2n) is 9.04. The van der Waals surface area contributed by atoms with Gasteiger partial charge in [0.15, 0.2) is 0 Å². The van der Waals surface area contributed by atoms with Gasteiger partial charge in [-0.05, 0) is 98.6 Å². The van der Waals surface area contributed by atoms with E-state index in [1.807, 2.05) is 0 Å². The number of allylic oxidation sites excluding steroid dienone is 6. The van der Waals surface area contributed by atoms with E-state index in [2.05, 4.69) is 123 Å². The average molecular weight is 449 g/mol. The molecule has 0 N–H and O–H groups in total. The first-order chi connectivity index (χ1) is 16.8. The summed E-state index contributed by atoms with van der Waals surface area (Å²) in [6, 6.07) is 27.4. The Kier molecular flexibility index (Phi) is 11.2. The third-order valence-electron chi connectivity index (χ3n) is 6.32. The zero-order valence-electron chi connectivity index (χ0n) is 21.0. The fourth-order valence-corrected chi connectivity index (χ4v) is 4.12. The zero-order chi connectivity index (χ0) is 23.8. The lowest BCUT2D eigenvalue weighted by molar-refractivity contribution is 0.949. The van der Waals surface area contributed by atoms with Gasteiger partial charge in [-0.3, -0.25) is 0 Å². The molecule has 0 aliphatic rings. The van der Waals surface area contributed by atoms with Crippen molar-refractivity contribution in [2.24, 2.45) is 0 Å². The van der Waals surface area contributed by atoms with E-state index in [-0.39, 0.29) is 0 Å². The van der Waals surface area contributed by atoms with Crippen LogP contribution in [0.25, 0.3) is 0 Å². The molecule has 34 heavy (non-hydrogen) atoms. The van der Waals surface area contributed by atoms with Crippen molar-refractivity contribution in [2.45, 2.75) is 65.2 Å². The van der Waals surface area contributed by atoms with Crippen LogP contribution in [0.2, 0.25) is 0 Å². The standard InChI is InChI=1S/C34H40/c1-3-5-7-11-29-15-17-31(18-16-29)13-9-10-14-32-21-25-34(26-22-32)28-27-33-23-19-30(20-24-33)12-8-6-4-2/h3-6,9-10,15-26H,7-8,11-14,27-28H2,1-2H3/b5-3+,6-4+,10-9+. The van der Waals surface area contributed by atoms with Crippen LogP contribution in [-0.2, 0) is 38.5 Å². The Morgan fingerprint density at radius 1 is 0.382 bits per heavy atom. The monoisotopic (exact) mass is 448 g/mol. The summed E-state index contributed by atoms with van der Waals surface area (Å²) in [5, 5.41) is 0. The third-order valence-corrected chi connectivity index (χ3v) is 6.32. The van der Waals surface area contributed by atoms with Gasteiger partial charge in [0.2, 0.25) is 0 Å². The smallest absolute Gasteiger partial charge is 0.00973 e. The fourth-order valence-electron chi connectivity index (χ4n) is 4.12. The number of hydrogen-bond acceptors (Lipinski definition) is 0. The second-order valence-corrected chi connectivity index (χ2v) is 9.04. The molecule has 0 atom stereocenters. The fraction of sp³-hybridized carbons (Fsp3) is 0.294. The molecular formula is C34H40. The molecule has 0 fully saturated rings. The maximum atomic E-state index is 2.30. The molecule has 0 amide bonds. The molecule has 3 aromatic carbocycles. The van der Waals surface area contributed by atoms with Gasteiger partial charge in [0.05, 0.1) is 0 Å². The molecule has 0 heteroatoms. The Labute approximate surface area is 207 Å². The van der Waals surface area contributed by atoms with Crippen molar-refractivity contribution in [1.82, 2.24) is 0 Å². The lowest BCUT2D eigenvalue weighted by Gasteiger charge is -2.05. The maximum absolute atomic E-state index is 2.30. The van der Waals surface area contributed by atoms with Gasteiger partial charge in [0.25, 0.3) is 0 Å². The quantitative estimate of drug-likeness (QED) is 0.229. The highest BCUT2D eigenvalue weighted by atomic mass is 14.0. The van der Waals surface area contributed by atoms with Crippen molar-refractivity contribution in [2.75, 3.05) is 0 Å². The molecule has 0 aliphatic carbocycles. The molecule has 3 rings (SSSR count). The molecule has 0 aromatic heterocycles. The summed E-state index contributed by atoms with van der Waals surface area (Å²) in [5.74, 6) is 0. The van der Waals surface area contributed by atoms with Crippen LogP contribution >= 0.6 is 0 Å². The van der Waals surface area contributed by atoms with Crippen LogP contribution in [0.1, 0.15) is 60.1 Å². The molecule has 0 spiro atoms. The van der Waals surface area contributed by atoms with Crippen LogP contribution in [-0.4, -0.2) is 0 Å². The Bertz CT molecular complexity index is 1030. The molecule has 0 aliphatic heterocycles. The molecule has 3 aromatic rings. The molecule has 176 valence electrons. The molecule has 0 unspecified atom stereocenters. The lowest BCUT2D eigenvalue weighted by atomic mass is 10.0. The lowest BCUT2D eigenvalue weighted by Crippen LogP contribution is -1.93. The minimum Gasteiger partial charge on any atom is -0.0917 e. The maximum Gasteiger partial charge on any atom is -0.00973 e. The summed E-state index contributed by atoms with van der Waals surface area (Å²) in [4.78, 5) is 0. The highest BCUT2D eigenvalue weighted by Crippen LogP contribution is 2.13. The first-order valence-corrected chi connectivity index (χ1v) is 12.9. The summed E-state index contributed by atoms with van der Waals surface area (Å²) in [6.07, 6.45) is 22.0. The van der Waals surface area contributed by atoms with Crippen molar-refractivity contribution in [3.63, 3.8) is 0 Å². The van der Waals surface area contributed by atoms with Gasteiger partial charge in [-0.2, -0.15) is 0 Å². The van der Waals surface area contributed by atoms with E-state index in [1.165, 1.54) is 33.4 Å². The molecule has 0 saturated heterocycles. The predicted octanol–water partition coefficient (Wildman–Crippen LogP) is 8.83. The Morgan fingerprint density at radius 2 is 0.676 bits per heavy atom. The summed E-state index contributed by atoms with van der Waals surface area (Å²) < 4.78 is 0. The largest absolute Gasteiger partial charge is 0.0917 e. The normalized spacial score (nSPS) is 11.8. The number of benzene rings is 3. The summed E-state index contributed by atoms with van der Waals surface area (Å²) in [5.41, 5.74) is 8.45. The number of hydrogen-bond donors (Lipinski definition) is 0. The summed E-state index contributed by atoms with van der Waals surface area (Å²) in [6.45, 7) is 4.17. The van der Waals surface area contributed by atoms with E-state index in [9.17, 15) is 0 Å². The number of aryl methyl sites for hydroxylation is 4. The van der Waals surface area contributed by atoms with Crippen LogP contribution < -0.4 is 0 Å². The Hall–Kier alpha value is -3.12. The number of rotatable bonds is 13. The van der Waals surface area contributed by atoms with Gasteiger partial charge >= 0.3 is 0 Å². The summed E-state index contributed by atoms with van der Waals surface area (Å²) >= 11 is 0. The van der Waals surface area contributed by atoms with Crippen molar-refractivity contribution < 1.29 is 0 Å². The first-order valence-electron chi connectivity index (χ1n) is 12.9. The zero-order valence-corrected chi connectivity index (χ0v) is 21.0. The molecule has 0 heterocycles. The molecular weight excluding hydrogens is 408 g/mol. The SMILES string of the molecule is C/C=C/CCc1ccc(C/C=C/Cc2ccc(CCc3ccc(CC/C=C/C)cc3)cc2)cc1. The van der Waals surface area contributed by atoms with E-state index >= 15 is 0 Å². The van der Waals surface area contributed by atoms with Crippen LogP contribution in [0, 0.1) is 0 Å². The van der Waals surface area contributed by atoms with Crippen molar-refractivity contribution in [1.29, 1.82) is 0 Å². The first kappa shape index (κ1) is 25.5. The average Bonchev–Trinajstić information content (AvgIpc) is 2.88. The Balaban J connectivity index is 1.38. The topological polar surface area (TPSA) is 0 Å². The highest BCUT2D eigenvalue weighted by Gasteiger charge is 1.99. The minimum atomic E-state index is 0.996. The van der Waals surface area contributed by atoms with Crippen molar-refractivity contribution in [3.05, 3.63) is 143 Å². The van der Waals surface area contributed by atoms with Gasteiger partial charge in [-0.15, -0.1) is 0 Å². The van der Waals surface area contributed by atoms with E-state index in [1.54, 1.807) is 0 Å². The van der Waals surface area contributed by atoms with Gasteiger partial charge in [-0.1, -0.05) is 109 Å². The Morgan fingerprint density at radius 3 is 1.00 bits per heavy atom. The molecule has 0 bridgehead atoms. The third kappa shape index (κ3) is 9.40. The van der Waals surface area contributed by atoms with E-state index in [4.69, 9.17) is 0 Å². The van der Waals surface area contributed by atoms with Crippen LogP contribution in [0.15, 0.2) is 109 Å². The van der Waals surface area contributed by atoms with Gasteiger partial charge < -0.3 is 0 Å². The van der Waals surface area contributed by atoms with Crippen LogP contribution in [0.5, 0.6) is 0 Å². The molecule has 0 radical (unpaired) electrons. The van der Waals surface area contributed by atoms with E-state index < -0.39 is 0 Å². The minimum absolute atomic E-state index is 0.996. The van der Waals surface area contributed by atoms with Crippen LogP contribution in [0.4, 0.5) is 0 Å². The molecule has 0 nitrogen and oxygen atoms in total. The van der Waals surface area contributed by atoms with E-state index in [0.29, 0.717) is 0 Å². The highest BCUT2D eigenvalue weighted by molar-refractivity contribution is 5.28. The predicted molar refractivity (Wildman–Crippen MR) is 150 cm³/mol. The van der Waals surface area contributed by atoms with Crippen LogP contribution in [0.3, 0.4) is 0 Å².